The Morgan fingerprint density at radius 3 is 2.39 bits per heavy atom. The summed E-state index contributed by atoms with van der Waals surface area (Å²) in [5.74, 6) is -0.220. The summed E-state index contributed by atoms with van der Waals surface area (Å²) >= 11 is 0. The first-order chi connectivity index (χ1) is 8.55. The maximum absolute atomic E-state index is 11.6. The van der Waals surface area contributed by atoms with Crippen molar-refractivity contribution < 1.29 is 9.59 Å². The zero-order chi connectivity index (χ0) is 13.2. The summed E-state index contributed by atoms with van der Waals surface area (Å²) in [5.41, 5.74) is 6.68. The van der Waals surface area contributed by atoms with Crippen LogP contribution >= 0.6 is 0 Å². The van der Waals surface area contributed by atoms with Crippen molar-refractivity contribution in [3.8, 4) is 0 Å². The van der Waals surface area contributed by atoms with Crippen molar-refractivity contribution in [3.63, 3.8) is 0 Å². The summed E-state index contributed by atoms with van der Waals surface area (Å²) in [6.45, 7) is 0.436. The minimum Gasteiger partial charge on any atom is -0.355 e. The first kappa shape index (κ1) is 12.6. The van der Waals surface area contributed by atoms with Crippen molar-refractivity contribution >= 4 is 11.8 Å². The summed E-state index contributed by atoms with van der Waals surface area (Å²) in [5, 5.41) is 5.35. The van der Waals surface area contributed by atoms with Crippen molar-refractivity contribution in [3.05, 3.63) is 35.4 Å². The molecule has 2 amide bonds. The lowest BCUT2D eigenvalue weighted by molar-refractivity contribution is -0.123. The molecule has 5 heteroatoms. The van der Waals surface area contributed by atoms with Crippen molar-refractivity contribution in [1.82, 2.24) is 10.6 Å². The van der Waals surface area contributed by atoms with Gasteiger partial charge in [0.05, 0.1) is 5.54 Å². The Morgan fingerprint density at radius 2 is 1.89 bits per heavy atom. The molecule has 4 N–H and O–H groups in total. The molecular formula is C13H17N3O2. The Bertz CT molecular complexity index is 464. The molecule has 0 bridgehead atoms. The summed E-state index contributed by atoms with van der Waals surface area (Å²) in [6, 6.07) is 7.10. The lowest BCUT2D eigenvalue weighted by Gasteiger charge is -2.10. The number of benzene rings is 1. The molecule has 0 saturated heterocycles. The second-order valence-corrected chi connectivity index (χ2v) is 4.61. The van der Waals surface area contributed by atoms with Crippen LogP contribution < -0.4 is 16.4 Å². The van der Waals surface area contributed by atoms with Gasteiger partial charge in [-0.25, -0.2) is 0 Å². The molecule has 18 heavy (non-hydrogen) atoms. The SMILES string of the molecule is CNC(=O)c1ccc(CNC(=O)C2(N)CC2)cc1. The summed E-state index contributed by atoms with van der Waals surface area (Å²) < 4.78 is 0. The van der Waals surface area contributed by atoms with Crippen LogP contribution in [0.5, 0.6) is 0 Å². The van der Waals surface area contributed by atoms with E-state index in [1.165, 1.54) is 0 Å². The fourth-order valence-corrected chi connectivity index (χ4v) is 1.64. The average Bonchev–Trinajstić information content (AvgIpc) is 3.15. The maximum atomic E-state index is 11.6. The van der Waals surface area contributed by atoms with Crippen LogP contribution in [0.2, 0.25) is 0 Å². The highest BCUT2D eigenvalue weighted by atomic mass is 16.2. The van der Waals surface area contributed by atoms with Gasteiger partial charge in [0, 0.05) is 19.2 Å². The van der Waals surface area contributed by atoms with E-state index < -0.39 is 5.54 Å². The predicted molar refractivity (Wildman–Crippen MR) is 67.8 cm³/mol. The summed E-state index contributed by atoms with van der Waals surface area (Å²) in [4.78, 5) is 23.0. The van der Waals surface area contributed by atoms with Crippen LogP contribution in [0, 0.1) is 0 Å². The average molecular weight is 247 g/mol. The Hall–Kier alpha value is -1.88. The molecule has 1 aromatic rings. The van der Waals surface area contributed by atoms with E-state index in [0.717, 1.165) is 18.4 Å². The van der Waals surface area contributed by atoms with Gasteiger partial charge in [-0.1, -0.05) is 12.1 Å². The second-order valence-electron chi connectivity index (χ2n) is 4.61. The van der Waals surface area contributed by atoms with E-state index in [1.807, 2.05) is 12.1 Å². The quantitative estimate of drug-likeness (QED) is 0.708. The lowest BCUT2D eigenvalue weighted by Crippen LogP contribution is -2.42. The number of rotatable bonds is 4. The molecule has 0 radical (unpaired) electrons. The van der Waals surface area contributed by atoms with E-state index in [1.54, 1.807) is 19.2 Å². The minimum atomic E-state index is -0.637. The van der Waals surface area contributed by atoms with Gasteiger partial charge >= 0.3 is 0 Å². The van der Waals surface area contributed by atoms with Crippen LogP contribution in [0.4, 0.5) is 0 Å². The van der Waals surface area contributed by atoms with Gasteiger partial charge in [0.15, 0.2) is 0 Å². The topological polar surface area (TPSA) is 84.2 Å². The molecule has 1 saturated carbocycles. The molecule has 1 aromatic carbocycles. The van der Waals surface area contributed by atoms with E-state index >= 15 is 0 Å². The van der Waals surface area contributed by atoms with Crippen LogP contribution in [-0.2, 0) is 11.3 Å². The van der Waals surface area contributed by atoms with Gasteiger partial charge in [0.25, 0.3) is 5.91 Å². The van der Waals surface area contributed by atoms with Crippen LogP contribution in [0.15, 0.2) is 24.3 Å². The first-order valence-electron chi connectivity index (χ1n) is 5.93. The van der Waals surface area contributed by atoms with Crippen LogP contribution in [-0.4, -0.2) is 24.4 Å². The standard InChI is InChI=1S/C13H17N3O2/c1-15-11(17)10-4-2-9(3-5-10)8-16-12(18)13(14)6-7-13/h2-5H,6-8,14H2,1H3,(H,15,17)(H,16,18). The van der Waals surface area contributed by atoms with Gasteiger partial charge in [-0.05, 0) is 30.5 Å². The molecule has 0 aliphatic heterocycles. The number of carbonyl (C=O) groups is 2. The van der Waals surface area contributed by atoms with Crippen molar-refractivity contribution in [2.75, 3.05) is 7.05 Å². The molecule has 0 spiro atoms. The number of amides is 2. The maximum Gasteiger partial charge on any atom is 0.251 e. The molecule has 0 atom stereocenters. The smallest absolute Gasteiger partial charge is 0.251 e. The fraction of sp³-hybridized carbons (Fsp3) is 0.385. The first-order valence-corrected chi connectivity index (χ1v) is 5.93. The van der Waals surface area contributed by atoms with Crippen molar-refractivity contribution in [2.45, 2.75) is 24.9 Å². The van der Waals surface area contributed by atoms with E-state index in [4.69, 9.17) is 5.73 Å². The molecule has 96 valence electrons. The normalized spacial score (nSPS) is 15.9. The van der Waals surface area contributed by atoms with Gasteiger partial charge in [-0.3, -0.25) is 9.59 Å². The molecule has 0 aromatic heterocycles. The van der Waals surface area contributed by atoms with E-state index in [2.05, 4.69) is 10.6 Å². The van der Waals surface area contributed by atoms with Gasteiger partial charge in [0.2, 0.25) is 5.91 Å². The Morgan fingerprint density at radius 1 is 1.28 bits per heavy atom. The molecule has 2 rings (SSSR count). The van der Waals surface area contributed by atoms with Gasteiger partial charge in [-0.2, -0.15) is 0 Å². The predicted octanol–water partition coefficient (Wildman–Crippen LogP) is 0.154. The highest BCUT2D eigenvalue weighted by molar-refractivity contribution is 5.94. The Labute approximate surface area is 106 Å². The Kier molecular flexibility index (Phi) is 3.34. The van der Waals surface area contributed by atoms with Crippen LogP contribution in [0.1, 0.15) is 28.8 Å². The highest BCUT2D eigenvalue weighted by Gasteiger charge is 2.45. The van der Waals surface area contributed by atoms with Crippen LogP contribution in [0.25, 0.3) is 0 Å². The summed E-state index contributed by atoms with van der Waals surface area (Å²) in [6.07, 6.45) is 1.52. The molecule has 1 fully saturated rings. The summed E-state index contributed by atoms with van der Waals surface area (Å²) in [7, 11) is 1.59. The molecular weight excluding hydrogens is 230 g/mol. The molecule has 0 unspecified atom stereocenters. The number of hydrogen-bond acceptors (Lipinski definition) is 3. The molecule has 5 nitrogen and oxygen atoms in total. The number of nitrogens with one attached hydrogen (secondary N) is 2. The highest BCUT2D eigenvalue weighted by Crippen LogP contribution is 2.32. The number of nitrogens with two attached hydrogens (primary N) is 1. The zero-order valence-electron chi connectivity index (χ0n) is 10.3. The zero-order valence-corrected chi connectivity index (χ0v) is 10.3. The van der Waals surface area contributed by atoms with Gasteiger partial charge < -0.3 is 16.4 Å². The number of carbonyl (C=O) groups excluding carboxylic acids is 2. The van der Waals surface area contributed by atoms with Crippen LogP contribution in [0.3, 0.4) is 0 Å². The largest absolute Gasteiger partial charge is 0.355 e. The third kappa shape index (κ3) is 2.68. The van der Waals surface area contributed by atoms with Gasteiger partial charge in [-0.15, -0.1) is 0 Å². The third-order valence-electron chi connectivity index (χ3n) is 3.14. The van der Waals surface area contributed by atoms with E-state index in [0.29, 0.717) is 12.1 Å². The molecule has 0 heterocycles. The second kappa shape index (κ2) is 4.78. The minimum absolute atomic E-state index is 0.0992. The Balaban J connectivity index is 1.90. The van der Waals surface area contributed by atoms with E-state index in [9.17, 15) is 9.59 Å². The van der Waals surface area contributed by atoms with Crippen molar-refractivity contribution in [2.24, 2.45) is 5.73 Å². The van der Waals surface area contributed by atoms with E-state index in [-0.39, 0.29) is 11.8 Å². The number of hydrogen-bond donors (Lipinski definition) is 3. The fourth-order valence-electron chi connectivity index (χ4n) is 1.64. The molecule has 1 aliphatic carbocycles. The lowest BCUT2D eigenvalue weighted by atomic mass is 10.1. The molecule has 1 aliphatic rings. The van der Waals surface area contributed by atoms with Gasteiger partial charge in [0.1, 0.15) is 0 Å². The monoisotopic (exact) mass is 247 g/mol. The van der Waals surface area contributed by atoms with Crippen molar-refractivity contribution in [1.29, 1.82) is 0 Å². The third-order valence-corrected chi connectivity index (χ3v) is 3.14.